The lowest BCUT2D eigenvalue weighted by Gasteiger charge is -2.36. The van der Waals surface area contributed by atoms with Crippen LogP contribution in [0.5, 0.6) is 11.5 Å². The minimum absolute atomic E-state index is 0.0716. The van der Waals surface area contributed by atoms with Gasteiger partial charge in [0.05, 0.1) is 30.7 Å². The quantitative estimate of drug-likeness (QED) is 0.400. The van der Waals surface area contributed by atoms with Gasteiger partial charge in [0.2, 0.25) is 5.91 Å². The molecular formula is C33H38N2O5. The Labute approximate surface area is 235 Å². The van der Waals surface area contributed by atoms with E-state index in [1.807, 2.05) is 29.2 Å². The average Bonchev–Trinajstić information content (AvgIpc) is 3.40. The van der Waals surface area contributed by atoms with E-state index in [0.29, 0.717) is 31.6 Å². The van der Waals surface area contributed by atoms with E-state index in [1.165, 1.54) is 11.1 Å². The molecule has 0 aromatic heterocycles. The molecule has 0 saturated heterocycles. The number of methoxy groups -OCH3 is 1. The zero-order valence-corrected chi connectivity index (χ0v) is 23.2. The van der Waals surface area contributed by atoms with Gasteiger partial charge >= 0.3 is 0 Å². The smallest absolute Gasteiger partial charge is 0.231 e. The molecule has 4 atom stereocenters. The Morgan fingerprint density at radius 3 is 2.90 bits per heavy atom. The summed E-state index contributed by atoms with van der Waals surface area (Å²) in [6.07, 6.45) is 9.90. The number of para-hydroxylation sites is 1. The first-order valence-electron chi connectivity index (χ1n) is 14.9. The SMILES string of the molecule is COc1ccc2c3c1O[C@H]1C[C@@H](O)C=C[C@@]31CCN(CCCCCC(=O)C1Cc3cccc4c3N(C1)C(=O)C4)C2. The van der Waals surface area contributed by atoms with Gasteiger partial charge in [0.15, 0.2) is 11.5 Å². The van der Waals surface area contributed by atoms with Gasteiger partial charge in [-0.1, -0.05) is 42.8 Å². The van der Waals surface area contributed by atoms with Crippen LogP contribution in [0.2, 0.25) is 0 Å². The highest BCUT2D eigenvalue weighted by Gasteiger charge is 2.52. The number of carbonyl (C=O) groups excluding carboxylic acids is 2. The van der Waals surface area contributed by atoms with Gasteiger partial charge in [0.1, 0.15) is 11.9 Å². The van der Waals surface area contributed by atoms with Crippen LogP contribution in [0.25, 0.3) is 0 Å². The number of ketones is 1. The third-order valence-electron chi connectivity index (χ3n) is 9.87. The van der Waals surface area contributed by atoms with Gasteiger partial charge in [-0.2, -0.15) is 0 Å². The normalized spacial score (nSPS) is 28.0. The third-order valence-corrected chi connectivity index (χ3v) is 9.87. The van der Waals surface area contributed by atoms with E-state index in [-0.39, 0.29) is 23.3 Å². The maximum atomic E-state index is 13.1. The fourth-order valence-electron chi connectivity index (χ4n) is 7.84. The minimum atomic E-state index is -0.474. The number of anilines is 1. The van der Waals surface area contributed by atoms with Gasteiger partial charge in [0, 0.05) is 37.4 Å². The van der Waals surface area contributed by atoms with Crippen molar-refractivity contribution < 1.29 is 24.2 Å². The third kappa shape index (κ3) is 4.17. The zero-order valence-electron chi connectivity index (χ0n) is 23.2. The first-order chi connectivity index (χ1) is 19.5. The van der Waals surface area contributed by atoms with Crippen LogP contribution in [-0.4, -0.2) is 60.6 Å². The number of rotatable bonds is 8. The molecule has 1 aliphatic carbocycles. The molecule has 7 nitrogen and oxygen atoms in total. The fraction of sp³-hybridized carbons (Fsp3) is 0.515. The van der Waals surface area contributed by atoms with Crippen molar-refractivity contribution in [3.05, 3.63) is 64.7 Å². The molecule has 0 saturated carbocycles. The molecule has 0 bridgehead atoms. The lowest BCUT2D eigenvalue weighted by molar-refractivity contribution is -0.123. The Morgan fingerprint density at radius 2 is 2.02 bits per heavy atom. The molecule has 1 amide bonds. The van der Waals surface area contributed by atoms with Gasteiger partial charge in [-0.15, -0.1) is 0 Å². The summed E-state index contributed by atoms with van der Waals surface area (Å²) in [6, 6.07) is 10.3. The summed E-state index contributed by atoms with van der Waals surface area (Å²) in [4.78, 5) is 30.0. The van der Waals surface area contributed by atoms with E-state index in [2.05, 4.69) is 23.1 Å². The first-order valence-corrected chi connectivity index (χ1v) is 14.9. The van der Waals surface area contributed by atoms with Crippen LogP contribution in [0.1, 0.15) is 60.8 Å². The van der Waals surface area contributed by atoms with Crippen molar-refractivity contribution in [2.45, 2.75) is 75.5 Å². The number of benzene rings is 2. The first kappa shape index (κ1) is 25.8. The Kier molecular flexibility index (Phi) is 6.47. The summed E-state index contributed by atoms with van der Waals surface area (Å²) >= 11 is 0. The monoisotopic (exact) mass is 542 g/mol. The molecule has 2 aromatic rings. The van der Waals surface area contributed by atoms with Crippen LogP contribution < -0.4 is 14.4 Å². The van der Waals surface area contributed by atoms with Crippen LogP contribution >= 0.6 is 0 Å². The van der Waals surface area contributed by atoms with Crippen molar-refractivity contribution in [2.24, 2.45) is 5.92 Å². The lowest BCUT2D eigenvalue weighted by Crippen LogP contribution is -2.43. The van der Waals surface area contributed by atoms with Gasteiger partial charge < -0.3 is 19.5 Å². The highest BCUT2D eigenvalue weighted by molar-refractivity contribution is 6.03. The van der Waals surface area contributed by atoms with Crippen LogP contribution in [0, 0.1) is 5.92 Å². The molecule has 1 spiro atoms. The Morgan fingerprint density at radius 1 is 1.15 bits per heavy atom. The number of Topliss-reactive ketones (excluding diaryl/α,β-unsaturated/α-hetero) is 1. The number of ether oxygens (including phenoxy) is 2. The van der Waals surface area contributed by atoms with Crippen molar-refractivity contribution in [1.29, 1.82) is 0 Å². The van der Waals surface area contributed by atoms with E-state index in [1.54, 1.807) is 7.11 Å². The molecule has 7 rings (SSSR count). The molecular weight excluding hydrogens is 504 g/mol. The summed E-state index contributed by atoms with van der Waals surface area (Å²) in [7, 11) is 1.68. The summed E-state index contributed by atoms with van der Waals surface area (Å²) in [5.74, 6) is 1.95. The van der Waals surface area contributed by atoms with Crippen LogP contribution in [-0.2, 0) is 34.4 Å². The summed E-state index contributed by atoms with van der Waals surface area (Å²) < 4.78 is 12.1. The number of hydrogen-bond donors (Lipinski definition) is 1. The Balaban J connectivity index is 0.952. The van der Waals surface area contributed by atoms with Crippen molar-refractivity contribution >= 4 is 17.4 Å². The van der Waals surface area contributed by atoms with E-state index >= 15 is 0 Å². The molecule has 0 fully saturated rings. The van der Waals surface area contributed by atoms with Gasteiger partial charge in [-0.3, -0.25) is 14.5 Å². The number of unbranched alkanes of at least 4 members (excludes halogenated alkanes) is 2. The largest absolute Gasteiger partial charge is 0.493 e. The Hall–Kier alpha value is -3.16. The molecule has 7 heteroatoms. The number of hydrogen-bond acceptors (Lipinski definition) is 6. The Bertz CT molecular complexity index is 1390. The second-order valence-electron chi connectivity index (χ2n) is 12.3. The molecule has 40 heavy (non-hydrogen) atoms. The number of aliphatic hydroxyl groups excluding tert-OH is 1. The maximum absolute atomic E-state index is 13.1. The molecule has 1 N–H and O–H groups in total. The van der Waals surface area contributed by atoms with Crippen molar-refractivity contribution in [3.63, 3.8) is 0 Å². The highest BCUT2D eigenvalue weighted by Crippen LogP contribution is 2.55. The molecule has 4 heterocycles. The van der Waals surface area contributed by atoms with Crippen LogP contribution in [0.3, 0.4) is 0 Å². The van der Waals surface area contributed by atoms with Crippen molar-refractivity contribution in [1.82, 2.24) is 4.90 Å². The van der Waals surface area contributed by atoms with E-state index < -0.39 is 6.10 Å². The van der Waals surface area contributed by atoms with E-state index in [4.69, 9.17) is 9.47 Å². The highest BCUT2D eigenvalue weighted by atomic mass is 16.5. The second kappa shape index (κ2) is 10.0. The molecule has 0 radical (unpaired) electrons. The number of carbonyl (C=O) groups is 2. The van der Waals surface area contributed by atoms with E-state index in [0.717, 1.165) is 80.1 Å². The zero-order chi connectivity index (χ0) is 27.4. The predicted octanol–water partition coefficient (Wildman–Crippen LogP) is 4.11. The average molecular weight is 543 g/mol. The standard InChI is InChI=1S/C33H38N2O5/c1-39-27-10-9-23-19-34(15-13-33-12-11-25(36)18-28(33)40-32(27)30(23)33)14-4-2-3-8-26(37)24-16-21-6-5-7-22-17-29(38)35(20-24)31(21)22/h5-7,9-12,24-25,28,36H,2-4,8,13-20H2,1H3/t24?,25-,28-,33-/m0/s1. The number of aliphatic hydroxyl groups is 1. The van der Waals surface area contributed by atoms with E-state index in [9.17, 15) is 14.7 Å². The molecule has 210 valence electrons. The summed E-state index contributed by atoms with van der Waals surface area (Å²) in [5, 5.41) is 10.3. The van der Waals surface area contributed by atoms with Gasteiger partial charge in [0.25, 0.3) is 0 Å². The predicted molar refractivity (Wildman–Crippen MR) is 152 cm³/mol. The van der Waals surface area contributed by atoms with Crippen LogP contribution in [0.4, 0.5) is 5.69 Å². The minimum Gasteiger partial charge on any atom is -0.493 e. The van der Waals surface area contributed by atoms with Gasteiger partial charge in [-0.05, 0) is 61.5 Å². The molecule has 5 aliphatic rings. The summed E-state index contributed by atoms with van der Waals surface area (Å²) in [5.41, 5.74) is 5.64. The molecule has 2 aromatic carbocycles. The molecule has 1 unspecified atom stereocenters. The maximum Gasteiger partial charge on any atom is 0.231 e. The second-order valence-corrected chi connectivity index (χ2v) is 12.3. The van der Waals surface area contributed by atoms with Crippen molar-refractivity contribution in [3.8, 4) is 11.5 Å². The molecule has 4 aliphatic heterocycles. The number of amides is 1. The van der Waals surface area contributed by atoms with Gasteiger partial charge in [-0.25, -0.2) is 0 Å². The van der Waals surface area contributed by atoms with Crippen LogP contribution in [0.15, 0.2) is 42.5 Å². The topological polar surface area (TPSA) is 79.3 Å². The fourth-order valence-corrected chi connectivity index (χ4v) is 7.84. The van der Waals surface area contributed by atoms with Crippen molar-refractivity contribution in [2.75, 3.05) is 31.6 Å². The number of nitrogens with zero attached hydrogens (tertiary/aromatic N) is 2. The lowest BCUT2D eigenvalue weighted by atomic mass is 9.69. The summed E-state index contributed by atoms with van der Waals surface area (Å²) in [6.45, 7) is 3.36.